The summed E-state index contributed by atoms with van der Waals surface area (Å²) in [6.45, 7) is 5.63. The molecule has 2 bridgehead atoms. The molecule has 7 nitrogen and oxygen atoms in total. The van der Waals surface area contributed by atoms with Crippen molar-refractivity contribution in [2.24, 2.45) is 11.8 Å². The highest BCUT2D eigenvalue weighted by Gasteiger charge is 2.74. The summed E-state index contributed by atoms with van der Waals surface area (Å²) in [6.07, 6.45) is 3.35. The second-order valence-electron chi connectivity index (χ2n) is 10.6. The Morgan fingerprint density at radius 3 is 2.87 bits per heavy atom. The summed E-state index contributed by atoms with van der Waals surface area (Å²) in [4.78, 5) is 15.5. The molecule has 31 heavy (non-hydrogen) atoms. The molecule has 1 spiro atoms. The number of phenolic OH excluding ortho intramolecular Hbond substituents is 1. The molecule has 7 heteroatoms. The van der Waals surface area contributed by atoms with E-state index in [1.54, 1.807) is 6.07 Å². The van der Waals surface area contributed by atoms with Gasteiger partial charge >= 0.3 is 0 Å². The molecule has 1 aromatic carbocycles. The zero-order chi connectivity index (χ0) is 21.7. The van der Waals surface area contributed by atoms with Crippen LogP contribution in [0.4, 0.5) is 0 Å². The smallest absolute Gasteiger partial charge is 0.229 e. The summed E-state index contributed by atoms with van der Waals surface area (Å²) in [5.74, 6) is 0.216. The lowest BCUT2D eigenvalue weighted by atomic mass is 9.47. The van der Waals surface area contributed by atoms with Crippen LogP contribution < -0.4 is 10.1 Å². The van der Waals surface area contributed by atoms with Gasteiger partial charge in [-0.15, -0.1) is 0 Å². The first-order chi connectivity index (χ1) is 14.8. The van der Waals surface area contributed by atoms with Crippen LogP contribution in [-0.2, 0) is 16.6 Å². The molecule has 2 heterocycles. The minimum atomic E-state index is -1.18. The van der Waals surface area contributed by atoms with Crippen LogP contribution in [0.25, 0.3) is 0 Å². The Balaban J connectivity index is 1.51. The number of carbonyl (C=O) groups is 1. The lowest BCUT2D eigenvalue weighted by Gasteiger charge is -2.64. The molecule has 6 rings (SSSR count). The highest BCUT2D eigenvalue weighted by atomic mass is 16.5. The van der Waals surface area contributed by atoms with Gasteiger partial charge < -0.3 is 25.7 Å². The number of aliphatic hydroxyl groups is 1. The van der Waals surface area contributed by atoms with Crippen LogP contribution in [0.2, 0.25) is 0 Å². The van der Waals surface area contributed by atoms with Crippen molar-refractivity contribution in [2.75, 3.05) is 13.1 Å². The molecular formula is C24H31N3O4. The molecule has 3 fully saturated rings. The quantitative estimate of drug-likeness (QED) is 0.588. The first-order valence-corrected chi connectivity index (χ1v) is 11.6. The number of carbonyl (C=O) groups excluding carboxylic acids is 1. The molecule has 0 aromatic heterocycles. The van der Waals surface area contributed by atoms with E-state index in [2.05, 4.69) is 10.2 Å². The fraction of sp³-hybridized carbons (Fsp3) is 0.667. The molecule has 3 aliphatic carbocycles. The van der Waals surface area contributed by atoms with E-state index in [-0.39, 0.29) is 35.9 Å². The molecule has 0 radical (unpaired) electrons. The second kappa shape index (κ2) is 6.23. The molecule has 1 aromatic rings. The Morgan fingerprint density at radius 1 is 1.39 bits per heavy atom. The molecule has 1 saturated heterocycles. The molecule has 5 atom stereocenters. The van der Waals surface area contributed by atoms with Crippen molar-refractivity contribution in [3.63, 3.8) is 0 Å². The molecule has 1 amide bonds. The maximum Gasteiger partial charge on any atom is 0.229 e. The predicted octanol–water partition coefficient (Wildman–Crippen LogP) is 1.73. The number of nitrogens with zero attached hydrogens (tertiary/aromatic N) is 1. The van der Waals surface area contributed by atoms with Crippen molar-refractivity contribution in [3.05, 3.63) is 23.3 Å². The normalized spacial score (nSPS) is 38.1. The number of amides is 1. The van der Waals surface area contributed by atoms with E-state index in [0.29, 0.717) is 24.5 Å². The van der Waals surface area contributed by atoms with E-state index in [0.717, 1.165) is 24.2 Å². The van der Waals surface area contributed by atoms with Crippen LogP contribution >= 0.6 is 0 Å². The summed E-state index contributed by atoms with van der Waals surface area (Å²) >= 11 is 0. The fourth-order valence-corrected chi connectivity index (χ4v) is 6.96. The molecule has 1 unspecified atom stereocenters. The van der Waals surface area contributed by atoms with Crippen LogP contribution in [0.5, 0.6) is 11.5 Å². The number of hydrogen-bond acceptors (Lipinski definition) is 6. The Bertz CT molecular complexity index is 989. The van der Waals surface area contributed by atoms with Crippen LogP contribution in [0.1, 0.15) is 50.7 Å². The summed E-state index contributed by atoms with van der Waals surface area (Å²) in [5.41, 5.74) is 0.254. The average molecular weight is 426 g/mol. The van der Waals surface area contributed by atoms with Crippen LogP contribution in [0, 0.1) is 17.2 Å². The third kappa shape index (κ3) is 2.42. The van der Waals surface area contributed by atoms with Crippen molar-refractivity contribution < 1.29 is 19.7 Å². The van der Waals surface area contributed by atoms with Crippen molar-refractivity contribution in [1.82, 2.24) is 10.2 Å². The van der Waals surface area contributed by atoms with Gasteiger partial charge in [-0.1, -0.05) is 6.07 Å². The SMILES string of the molecule is CC(C)NC(=O)C1C[C@@]2(O)[C@H]3Cc4ccc(O)c5c4[C@@]2(CCN3CC2CC2)[C@@H](O5)C1=N. The van der Waals surface area contributed by atoms with Crippen molar-refractivity contribution in [3.8, 4) is 11.5 Å². The first kappa shape index (κ1) is 19.6. The van der Waals surface area contributed by atoms with Gasteiger partial charge in [-0.2, -0.15) is 0 Å². The van der Waals surface area contributed by atoms with Crippen molar-refractivity contribution in [1.29, 1.82) is 5.41 Å². The second-order valence-corrected chi connectivity index (χ2v) is 10.6. The molecule has 2 aliphatic heterocycles. The maximum absolute atomic E-state index is 13.1. The van der Waals surface area contributed by atoms with Gasteiger partial charge in [0.25, 0.3) is 0 Å². The summed E-state index contributed by atoms with van der Waals surface area (Å²) in [5, 5.41) is 35.0. The van der Waals surface area contributed by atoms with Gasteiger partial charge in [-0.25, -0.2) is 0 Å². The van der Waals surface area contributed by atoms with E-state index in [1.807, 2.05) is 19.9 Å². The lowest BCUT2D eigenvalue weighted by Crippen LogP contribution is -2.78. The van der Waals surface area contributed by atoms with E-state index >= 15 is 0 Å². The Labute approximate surface area is 182 Å². The lowest BCUT2D eigenvalue weighted by molar-refractivity contribution is -0.176. The van der Waals surface area contributed by atoms with Gasteiger partial charge in [0.05, 0.1) is 22.6 Å². The highest BCUT2D eigenvalue weighted by Crippen LogP contribution is 2.65. The summed E-state index contributed by atoms with van der Waals surface area (Å²) in [6, 6.07) is 3.47. The van der Waals surface area contributed by atoms with Gasteiger partial charge in [0.15, 0.2) is 11.5 Å². The number of rotatable bonds is 4. The van der Waals surface area contributed by atoms with Crippen molar-refractivity contribution in [2.45, 2.75) is 75.2 Å². The van der Waals surface area contributed by atoms with Gasteiger partial charge in [0.2, 0.25) is 5.91 Å². The van der Waals surface area contributed by atoms with Crippen LogP contribution in [-0.4, -0.2) is 63.6 Å². The number of ether oxygens (including phenoxy) is 1. The maximum atomic E-state index is 13.1. The number of phenols is 1. The monoisotopic (exact) mass is 425 g/mol. The third-order valence-electron chi connectivity index (χ3n) is 8.43. The zero-order valence-corrected chi connectivity index (χ0v) is 18.1. The van der Waals surface area contributed by atoms with E-state index in [4.69, 9.17) is 10.1 Å². The number of likely N-dealkylation sites (tertiary alicyclic amines) is 1. The molecule has 5 aliphatic rings. The van der Waals surface area contributed by atoms with E-state index in [9.17, 15) is 15.0 Å². The molecular weight excluding hydrogens is 394 g/mol. The Kier molecular flexibility index (Phi) is 3.93. The van der Waals surface area contributed by atoms with Gasteiger partial charge in [0.1, 0.15) is 6.10 Å². The number of piperidine rings is 1. The van der Waals surface area contributed by atoms with Crippen molar-refractivity contribution >= 4 is 11.6 Å². The minimum Gasteiger partial charge on any atom is -0.504 e. The Morgan fingerprint density at radius 2 is 2.16 bits per heavy atom. The number of nitrogens with one attached hydrogen (secondary N) is 2. The van der Waals surface area contributed by atoms with Crippen LogP contribution in [0.15, 0.2) is 12.1 Å². The van der Waals surface area contributed by atoms with E-state index in [1.165, 1.54) is 12.8 Å². The molecule has 2 saturated carbocycles. The molecule has 166 valence electrons. The number of benzene rings is 1. The highest BCUT2D eigenvalue weighted by molar-refractivity contribution is 6.07. The van der Waals surface area contributed by atoms with Gasteiger partial charge in [-0.3, -0.25) is 9.69 Å². The standard InChI is InChI=1S/C24H31N3O4/c1-12(2)26-22(29)15-10-24(30)17-9-14-5-6-16(28)20-18(14)23(24,21(31-20)19(15)25)7-8-27(17)11-13-3-4-13/h5-6,12-13,15,17,21,25,28,30H,3-4,7-11H2,1-2H3,(H,26,29)/t15?,17-,21+,23+,24-/m1/s1. The van der Waals surface area contributed by atoms with Gasteiger partial charge in [-0.05, 0) is 70.0 Å². The average Bonchev–Trinajstić information content (AvgIpc) is 3.44. The molecule has 4 N–H and O–H groups in total. The topological polar surface area (TPSA) is 106 Å². The fourth-order valence-electron chi connectivity index (χ4n) is 6.96. The van der Waals surface area contributed by atoms with Gasteiger partial charge in [0, 0.05) is 24.2 Å². The third-order valence-corrected chi connectivity index (χ3v) is 8.43. The van der Waals surface area contributed by atoms with E-state index < -0.39 is 23.0 Å². The zero-order valence-electron chi connectivity index (χ0n) is 18.1. The first-order valence-electron chi connectivity index (χ1n) is 11.6. The largest absolute Gasteiger partial charge is 0.504 e. The number of hydrogen-bond donors (Lipinski definition) is 4. The van der Waals surface area contributed by atoms with Crippen LogP contribution in [0.3, 0.4) is 0 Å². The summed E-state index contributed by atoms with van der Waals surface area (Å²) in [7, 11) is 0. The minimum absolute atomic E-state index is 0.0413. The number of aromatic hydroxyl groups is 1. The predicted molar refractivity (Wildman–Crippen MR) is 115 cm³/mol. The Hall–Kier alpha value is -2.12. The summed E-state index contributed by atoms with van der Waals surface area (Å²) < 4.78 is 6.27.